The molecule has 0 aromatic carbocycles. The van der Waals surface area contributed by atoms with E-state index in [9.17, 15) is 4.79 Å². The average molecular weight is 307 g/mol. The van der Waals surface area contributed by atoms with Gasteiger partial charge >= 0.3 is 0 Å². The zero-order valence-electron chi connectivity index (χ0n) is 8.76. The molecule has 1 heterocycles. The molecule has 0 spiro atoms. The predicted octanol–water partition coefficient (Wildman–Crippen LogP) is 3.18. The number of alkyl halides is 1. The van der Waals surface area contributed by atoms with Crippen molar-refractivity contribution >= 4 is 33.4 Å². The second-order valence-corrected chi connectivity index (χ2v) is 5.33. The monoisotopic (exact) mass is 305 g/mol. The zero-order chi connectivity index (χ0) is 11.6. The van der Waals surface area contributed by atoms with Gasteiger partial charge in [0.15, 0.2) is 4.67 Å². The zero-order valence-corrected chi connectivity index (χ0v) is 11.1. The summed E-state index contributed by atoms with van der Waals surface area (Å²) >= 11 is 8.92. The van der Waals surface area contributed by atoms with Crippen LogP contribution in [0.25, 0.3) is 0 Å². The Bertz CT molecular complexity index is 387. The number of furan rings is 1. The Balaban J connectivity index is 1.87. The van der Waals surface area contributed by atoms with E-state index in [1.165, 1.54) is 6.26 Å². The Hall–Kier alpha value is -0.480. The normalized spacial score (nSPS) is 17.1. The number of nitrogens with one attached hydrogen (secondary N) is 1. The maximum absolute atomic E-state index is 11.8. The van der Waals surface area contributed by atoms with Gasteiger partial charge in [-0.1, -0.05) is 0 Å². The second-order valence-electron chi connectivity index (χ2n) is 4.23. The summed E-state index contributed by atoms with van der Waals surface area (Å²) in [6.07, 6.45) is 4.78. The molecule has 88 valence electrons. The van der Waals surface area contributed by atoms with Gasteiger partial charge in [-0.2, -0.15) is 0 Å². The molecule has 1 fully saturated rings. The van der Waals surface area contributed by atoms with Crippen molar-refractivity contribution < 1.29 is 9.21 Å². The van der Waals surface area contributed by atoms with E-state index < -0.39 is 0 Å². The van der Waals surface area contributed by atoms with Crippen LogP contribution in [-0.2, 0) is 0 Å². The molecule has 3 nitrogen and oxygen atoms in total. The highest BCUT2D eigenvalue weighted by Gasteiger charge is 2.41. The molecule has 0 unspecified atom stereocenters. The van der Waals surface area contributed by atoms with Crippen molar-refractivity contribution in [2.75, 3.05) is 12.4 Å². The first kappa shape index (κ1) is 12.0. The number of carbonyl (C=O) groups excluding carboxylic acids is 1. The minimum atomic E-state index is -0.0959. The third-order valence-corrected chi connectivity index (χ3v) is 3.87. The van der Waals surface area contributed by atoms with Crippen LogP contribution in [-0.4, -0.2) is 18.3 Å². The van der Waals surface area contributed by atoms with Gasteiger partial charge in [0.1, 0.15) is 0 Å². The largest absolute Gasteiger partial charge is 0.457 e. The van der Waals surface area contributed by atoms with Crippen LogP contribution in [0, 0.1) is 5.41 Å². The molecular formula is C11H13BrClNO2. The van der Waals surface area contributed by atoms with Gasteiger partial charge in [-0.05, 0) is 46.7 Å². The van der Waals surface area contributed by atoms with Crippen LogP contribution in [0.2, 0.25) is 0 Å². The summed E-state index contributed by atoms with van der Waals surface area (Å²) in [6.45, 7) is 0.705. The molecule has 0 radical (unpaired) electrons. The lowest BCUT2D eigenvalue weighted by Crippen LogP contribution is -2.30. The van der Waals surface area contributed by atoms with E-state index in [1.807, 2.05) is 0 Å². The third kappa shape index (κ3) is 2.61. The van der Waals surface area contributed by atoms with Gasteiger partial charge < -0.3 is 9.73 Å². The van der Waals surface area contributed by atoms with Crippen molar-refractivity contribution in [2.45, 2.75) is 19.3 Å². The summed E-state index contributed by atoms with van der Waals surface area (Å²) in [6, 6.07) is 1.65. The number of hydrogen-bond acceptors (Lipinski definition) is 2. The summed E-state index contributed by atoms with van der Waals surface area (Å²) < 4.78 is 5.49. The van der Waals surface area contributed by atoms with Crippen LogP contribution < -0.4 is 5.32 Å². The summed E-state index contributed by atoms with van der Waals surface area (Å²) in [7, 11) is 0. The Morgan fingerprint density at radius 3 is 2.88 bits per heavy atom. The number of carbonyl (C=O) groups is 1. The van der Waals surface area contributed by atoms with Crippen molar-refractivity contribution in [3.63, 3.8) is 0 Å². The summed E-state index contributed by atoms with van der Waals surface area (Å²) in [5, 5.41) is 2.93. The van der Waals surface area contributed by atoms with Crippen molar-refractivity contribution in [3.8, 4) is 0 Å². The molecule has 1 aliphatic rings. The van der Waals surface area contributed by atoms with Crippen LogP contribution in [0.5, 0.6) is 0 Å². The maximum atomic E-state index is 11.8. The van der Waals surface area contributed by atoms with Crippen LogP contribution in [0.3, 0.4) is 0 Å². The first-order valence-corrected chi connectivity index (χ1v) is 6.57. The number of rotatable bonds is 5. The highest BCUT2D eigenvalue weighted by Crippen LogP contribution is 2.48. The second kappa shape index (κ2) is 4.80. The van der Waals surface area contributed by atoms with Gasteiger partial charge in [0, 0.05) is 12.4 Å². The van der Waals surface area contributed by atoms with Gasteiger partial charge in [0.2, 0.25) is 0 Å². The molecule has 1 aromatic rings. The first-order valence-electron chi connectivity index (χ1n) is 5.24. The highest BCUT2D eigenvalue weighted by molar-refractivity contribution is 9.10. The Labute approximate surface area is 108 Å². The predicted molar refractivity (Wildman–Crippen MR) is 65.7 cm³/mol. The lowest BCUT2D eigenvalue weighted by molar-refractivity contribution is 0.0942. The third-order valence-electron chi connectivity index (χ3n) is 3.07. The Kier molecular flexibility index (Phi) is 3.60. The SMILES string of the molecule is O=C(NCC1(CCCl)CC1)c1ccoc1Br. The van der Waals surface area contributed by atoms with Crippen molar-refractivity contribution in [1.29, 1.82) is 0 Å². The van der Waals surface area contributed by atoms with E-state index in [0.717, 1.165) is 19.3 Å². The molecular weight excluding hydrogens is 293 g/mol. The molecule has 0 saturated heterocycles. The topological polar surface area (TPSA) is 42.2 Å². The van der Waals surface area contributed by atoms with E-state index >= 15 is 0 Å². The Morgan fingerprint density at radius 1 is 1.62 bits per heavy atom. The highest BCUT2D eigenvalue weighted by atomic mass is 79.9. The minimum absolute atomic E-state index is 0.0959. The lowest BCUT2D eigenvalue weighted by Gasteiger charge is -2.13. The molecule has 1 saturated carbocycles. The lowest BCUT2D eigenvalue weighted by atomic mass is 10.0. The maximum Gasteiger partial charge on any atom is 0.255 e. The van der Waals surface area contributed by atoms with Gasteiger partial charge in [-0.15, -0.1) is 11.6 Å². The first-order chi connectivity index (χ1) is 7.67. The molecule has 0 aliphatic heterocycles. The molecule has 0 bridgehead atoms. The molecule has 2 rings (SSSR count). The fourth-order valence-electron chi connectivity index (χ4n) is 1.71. The van der Waals surface area contributed by atoms with Gasteiger partial charge in [-0.25, -0.2) is 0 Å². The molecule has 1 aromatic heterocycles. The number of halogens is 2. The van der Waals surface area contributed by atoms with E-state index in [-0.39, 0.29) is 11.3 Å². The molecule has 16 heavy (non-hydrogen) atoms. The van der Waals surface area contributed by atoms with E-state index in [4.69, 9.17) is 16.0 Å². The molecule has 5 heteroatoms. The number of hydrogen-bond donors (Lipinski definition) is 1. The fraction of sp³-hybridized carbons (Fsp3) is 0.545. The van der Waals surface area contributed by atoms with Crippen LogP contribution in [0.1, 0.15) is 29.6 Å². The molecule has 0 atom stereocenters. The van der Waals surface area contributed by atoms with Gasteiger partial charge in [-0.3, -0.25) is 4.79 Å². The van der Waals surface area contributed by atoms with Crippen molar-refractivity contribution in [1.82, 2.24) is 5.32 Å². The van der Waals surface area contributed by atoms with Crippen molar-refractivity contribution in [2.24, 2.45) is 5.41 Å². The summed E-state index contributed by atoms with van der Waals surface area (Å²) in [4.78, 5) is 11.8. The molecule has 1 aliphatic carbocycles. The smallest absolute Gasteiger partial charge is 0.255 e. The summed E-state index contributed by atoms with van der Waals surface area (Å²) in [5.41, 5.74) is 0.801. The van der Waals surface area contributed by atoms with Crippen molar-refractivity contribution in [3.05, 3.63) is 22.6 Å². The standard InChI is InChI=1S/C11H13BrClNO2/c12-9-8(1-6-16-9)10(15)14-7-11(2-3-11)4-5-13/h1,6H,2-5,7H2,(H,14,15). The fourth-order valence-corrected chi connectivity index (χ4v) is 2.53. The van der Waals surface area contributed by atoms with E-state index in [0.29, 0.717) is 22.7 Å². The van der Waals surface area contributed by atoms with Crippen LogP contribution >= 0.6 is 27.5 Å². The average Bonchev–Trinajstić information content (AvgIpc) is 2.89. The van der Waals surface area contributed by atoms with Gasteiger partial charge in [0.25, 0.3) is 5.91 Å². The van der Waals surface area contributed by atoms with E-state index in [2.05, 4.69) is 21.2 Å². The van der Waals surface area contributed by atoms with E-state index in [1.54, 1.807) is 6.07 Å². The number of amides is 1. The molecule has 1 amide bonds. The molecule has 1 N–H and O–H groups in total. The minimum Gasteiger partial charge on any atom is -0.457 e. The van der Waals surface area contributed by atoms with Crippen LogP contribution in [0.15, 0.2) is 21.4 Å². The Morgan fingerprint density at radius 2 is 2.38 bits per heavy atom. The van der Waals surface area contributed by atoms with Gasteiger partial charge in [0.05, 0.1) is 11.8 Å². The summed E-state index contributed by atoms with van der Waals surface area (Å²) in [5.74, 6) is 0.562. The van der Waals surface area contributed by atoms with Crippen LogP contribution in [0.4, 0.5) is 0 Å². The quantitative estimate of drug-likeness (QED) is 0.849.